The van der Waals surface area contributed by atoms with Gasteiger partial charge in [0.15, 0.2) is 0 Å². The first kappa shape index (κ1) is 15.7. The fraction of sp³-hybridized carbons (Fsp3) is 0. The van der Waals surface area contributed by atoms with Crippen LogP contribution in [0, 0.1) is 0 Å². The van der Waals surface area contributed by atoms with Gasteiger partial charge in [-0.3, -0.25) is 0 Å². The Morgan fingerprint density at radius 3 is 1.00 bits per heavy atom. The Morgan fingerprint density at radius 1 is 1.00 bits per heavy atom. The zero-order valence-electron chi connectivity index (χ0n) is 4.29. The minimum Gasteiger partial charge on any atom is -1.00 e. The third-order valence-corrected chi connectivity index (χ3v) is 0. The van der Waals surface area contributed by atoms with E-state index in [1.54, 1.807) is 0 Å². The van der Waals surface area contributed by atoms with Crippen molar-refractivity contribution in [1.82, 2.24) is 0 Å². The van der Waals surface area contributed by atoms with Gasteiger partial charge in [0.1, 0.15) is 0 Å². The van der Waals surface area contributed by atoms with E-state index in [1.165, 1.54) is 0 Å². The second-order valence-corrected chi connectivity index (χ2v) is 1.80. The topological polar surface area (TPSA) is 80.9 Å². The SMILES string of the molecule is O[Si](O)(O)O.[H-].[Li+].[SiH4]. The molecule has 4 N–H and O–H groups in total. The molecule has 0 bridgehead atoms. The van der Waals surface area contributed by atoms with Gasteiger partial charge in [0.05, 0.1) is 0 Å². The predicted octanol–water partition coefficient (Wildman–Crippen LogP) is -6.94. The third-order valence-electron chi connectivity index (χ3n) is 0. The molecule has 0 heterocycles. The molecule has 0 saturated heterocycles. The molecule has 0 saturated carbocycles. The van der Waals surface area contributed by atoms with Gasteiger partial charge in [-0.05, 0) is 11.0 Å². The fourth-order valence-electron chi connectivity index (χ4n) is 0. The van der Waals surface area contributed by atoms with Gasteiger partial charge in [-0.1, -0.05) is 0 Å². The summed E-state index contributed by atoms with van der Waals surface area (Å²) in [5.74, 6) is 0. The summed E-state index contributed by atoms with van der Waals surface area (Å²) in [5, 5.41) is 0. The first-order chi connectivity index (χ1) is 2.00. The normalized spacial score (nSPS) is 8.57. The molecule has 7 heavy (non-hydrogen) atoms. The molecule has 0 fully saturated rings. The van der Waals surface area contributed by atoms with Crippen LogP contribution in [0.15, 0.2) is 0 Å². The standard InChI is InChI=1S/Li.H4O4Si.H4Si.H/c;1-5(2,3)4;;/h;1-4H;1H4;/q+1;;;-1. The molecule has 0 aliphatic rings. The van der Waals surface area contributed by atoms with Crippen LogP contribution in [0.25, 0.3) is 0 Å². The molecule has 4 nitrogen and oxygen atoms in total. The van der Waals surface area contributed by atoms with Gasteiger partial charge >= 0.3 is 27.9 Å². The van der Waals surface area contributed by atoms with E-state index < -0.39 is 9.05 Å². The summed E-state index contributed by atoms with van der Waals surface area (Å²) in [6, 6.07) is 0. The Kier molecular flexibility index (Phi) is 11.2. The molecule has 0 radical (unpaired) electrons. The van der Waals surface area contributed by atoms with Crippen molar-refractivity contribution < 1.29 is 39.5 Å². The maximum atomic E-state index is 7.33. The molecule has 0 amide bonds. The predicted molar refractivity (Wildman–Crippen MR) is 27.1 cm³/mol. The summed E-state index contributed by atoms with van der Waals surface area (Å²) >= 11 is 0. The molecule has 0 unspecified atom stereocenters. The maximum absolute atomic E-state index is 7.33. The monoisotopic (exact) mass is 136 g/mol. The zero-order valence-corrected chi connectivity index (χ0v) is 4.29. The maximum Gasteiger partial charge on any atom is 1.00 e. The number of rotatable bonds is 0. The molecule has 0 atom stereocenters. The largest absolute Gasteiger partial charge is 1.00 e. The summed E-state index contributed by atoms with van der Waals surface area (Å²) in [5.41, 5.74) is 0. The average Bonchev–Trinajstić information content (AvgIpc) is 0.722. The molecule has 0 aromatic heterocycles. The molecule has 0 aliphatic heterocycles. The second-order valence-electron chi connectivity index (χ2n) is 0.600. The van der Waals surface area contributed by atoms with Gasteiger partial charge in [0, 0.05) is 0 Å². The van der Waals surface area contributed by atoms with Gasteiger partial charge < -0.3 is 20.6 Å². The van der Waals surface area contributed by atoms with E-state index in [1.807, 2.05) is 0 Å². The van der Waals surface area contributed by atoms with Gasteiger partial charge in [0.25, 0.3) is 0 Å². The van der Waals surface area contributed by atoms with E-state index in [0.29, 0.717) is 0 Å². The Bertz CT molecular complexity index is 29.5. The van der Waals surface area contributed by atoms with Crippen molar-refractivity contribution in [3.63, 3.8) is 0 Å². The fourth-order valence-corrected chi connectivity index (χ4v) is 0. The summed E-state index contributed by atoms with van der Waals surface area (Å²) in [7, 11) is -4.61. The van der Waals surface area contributed by atoms with Crippen molar-refractivity contribution in [2.75, 3.05) is 0 Å². The van der Waals surface area contributed by atoms with Gasteiger partial charge in [-0.25, -0.2) is 0 Å². The zero-order chi connectivity index (χ0) is 4.50. The number of hydrogen-bond acceptors (Lipinski definition) is 4. The van der Waals surface area contributed by atoms with Crippen LogP contribution in [-0.4, -0.2) is 39.2 Å². The minimum absolute atomic E-state index is 0. The van der Waals surface area contributed by atoms with Crippen LogP contribution in [0.3, 0.4) is 0 Å². The van der Waals surface area contributed by atoms with Crippen molar-refractivity contribution in [3.8, 4) is 0 Å². The van der Waals surface area contributed by atoms with Crippen molar-refractivity contribution in [2.45, 2.75) is 0 Å². The Labute approximate surface area is 60.0 Å². The molecule has 0 aromatic rings. The minimum atomic E-state index is -4.61. The van der Waals surface area contributed by atoms with Crippen LogP contribution in [0.2, 0.25) is 0 Å². The Hall–Kier alpha value is 0.871. The molecule has 0 spiro atoms. The molecule has 0 aromatic carbocycles. The molecule has 0 aliphatic carbocycles. The first-order valence-electron chi connectivity index (χ1n) is 0.894. The van der Waals surface area contributed by atoms with Crippen molar-refractivity contribution in [3.05, 3.63) is 0 Å². The van der Waals surface area contributed by atoms with Gasteiger partial charge in [0.2, 0.25) is 0 Å². The Balaban J connectivity index is -0.0000000267. The van der Waals surface area contributed by atoms with Crippen molar-refractivity contribution in [1.29, 1.82) is 0 Å². The van der Waals surface area contributed by atoms with Crippen LogP contribution in [0.1, 0.15) is 1.43 Å². The summed E-state index contributed by atoms with van der Waals surface area (Å²) < 4.78 is 0. The molecule has 7 heteroatoms. The van der Waals surface area contributed by atoms with E-state index in [-0.39, 0.29) is 31.3 Å². The quantitative estimate of drug-likeness (QED) is 0.249. The van der Waals surface area contributed by atoms with Crippen LogP contribution >= 0.6 is 0 Å². The Morgan fingerprint density at radius 2 is 1.00 bits per heavy atom. The molecule has 42 valence electrons. The third kappa shape index (κ3) is 215. The van der Waals surface area contributed by atoms with E-state index in [4.69, 9.17) is 19.2 Å². The van der Waals surface area contributed by atoms with Gasteiger partial charge in [-0.15, -0.1) is 0 Å². The average molecular weight is 136 g/mol. The van der Waals surface area contributed by atoms with E-state index >= 15 is 0 Å². The molecular formula is H9LiO4Si2. The van der Waals surface area contributed by atoms with Crippen LogP contribution < -0.4 is 18.9 Å². The summed E-state index contributed by atoms with van der Waals surface area (Å²) in [4.78, 5) is 29.3. The molecular weight excluding hydrogens is 127 g/mol. The van der Waals surface area contributed by atoms with Crippen LogP contribution in [0.4, 0.5) is 0 Å². The van der Waals surface area contributed by atoms with Crippen LogP contribution in [0.5, 0.6) is 0 Å². The smallest absolute Gasteiger partial charge is 1.00 e. The van der Waals surface area contributed by atoms with Gasteiger partial charge in [-0.2, -0.15) is 0 Å². The van der Waals surface area contributed by atoms with Crippen molar-refractivity contribution in [2.24, 2.45) is 0 Å². The number of hydrogen-bond donors (Lipinski definition) is 4. The second kappa shape index (κ2) is 5.02. The van der Waals surface area contributed by atoms with Crippen molar-refractivity contribution >= 4 is 20.0 Å². The van der Waals surface area contributed by atoms with Crippen LogP contribution in [-0.2, 0) is 0 Å². The summed E-state index contributed by atoms with van der Waals surface area (Å²) in [6.45, 7) is 0. The van der Waals surface area contributed by atoms with E-state index in [2.05, 4.69) is 0 Å². The first-order valence-corrected chi connectivity index (χ1v) is 2.68. The van der Waals surface area contributed by atoms with E-state index in [0.717, 1.165) is 0 Å². The molecule has 0 rings (SSSR count). The summed E-state index contributed by atoms with van der Waals surface area (Å²) in [6.07, 6.45) is 0. The van der Waals surface area contributed by atoms with E-state index in [9.17, 15) is 0 Å².